The number of esters is 1. The molecule has 1 aliphatic carbocycles. The maximum Gasteiger partial charge on any atom is 0.325 e. The summed E-state index contributed by atoms with van der Waals surface area (Å²) in [6, 6.07) is 4.53. The second-order valence-electron chi connectivity index (χ2n) is 7.07. The molecule has 1 heterocycles. The first-order chi connectivity index (χ1) is 13.3. The molecule has 1 N–H and O–H groups in total. The minimum absolute atomic E-state index is 0.0667. The van der Waals surface area contributed by atoms with E-state index in [1.54, 1.807) is 6.07 Å². The lowest BCUT2D eigenvalue weighted by atomic mass is 9.97. The molecule has 1 saturated heterocycles. The first-order valence-corrected chi connectivity index (χ1v) is 11.4. The van der Waals surface area contributed by atoms with Crippen LogP contribution in [-0.2, 0) is 24.3 Å². The van der Waals surface area contributed by atoms with E-state index in [0.29, 0.717) is 25.4 Å². The van der Waals surface area contributed by atoms with Crippen LogP contribution in [0.4, 0.5) is 0 Å². The third kappa shape index (κ3) is 5.17. The summed E-state index contributed by atoms with van der Waals surface area (Å²) in [5, 5.41) is 2.71. The minimum Gasteiger partial charge on any atom is -0.464 e. The van der Waals surface area contributed by atoms with Crippen molar-refractivity contribution in [3.05, 3.63) is 28.2 Å². The van der Waals surface area contributed by atoms with Gasteiger partial charge >= 0.3 is 5.97 Å². The third-order valence-electron chi connectivity index (χ3n) is 4.93. The fraction of sp³-hybridized carbons (Fsp3) is 0.556. The van der Waals surface area contributed by atoms with Crippen molar-refractivity contribution in [2.24, 2.45) is 11.8 Å². The van der Waals surface area contributed by atoms with Gasteiger partial charge in [-0.15, -0.1) is 0 Å². The summed E-state index contributed by atoms with van der Waals surface area (Å²) in [5.41, 5.74) is 0. The van der Waals surface area contributed by atoms with Crippen LogP contribution in [-0.4, -0.2) is 50.8 Å². The number of carbonyl (C=O) groups is 2. The fourth-order valence-electron chi connectivity index (χ4n) is 3.07. The number of piperidine rings is 1. The fourth-order valence-corrected chi connectivity index (χ4v) is 5.63. The maximum absolute atomic E-state index is 12.8. The van der Waals surface area contributed by atoms with Crippen LogP contribution in [0.15, 0.2) is 23.1 Å². The van der Waals surface area contributed by atoms with Gasteiger partial charge in [-0.3, -0.25) is 9.59 Å². The Labute approximate surface area is 174 Å². The molecule has 7 nitrogen and oxygen atoms in total. The number of nitrogens with one attached hydrogen (secondary N) is 1. The van der Waals surface area contributed by atoms with Gasteiger partial charge < -0.3 is 10.1 Å². The van der Waals surface area contributed by atoms with Gasteiger partial charge in [-0.1, -0.05) is 29.3 Å². The number of hydrogen-bond acceptors (Lipinski definition) is 5. The molecule has 28 heavy (non-hydrogen) atoms. The van der Waals surface area contributed by atoms with Crippen LogP contribution in [0.3, 0.4) is 0 Å². The highest BCUT2D eigenvalue weighted by atomic mass is 35.5. The molecule has 2 aliphatic rings. The molecule has 0 atom stereocenters. The van der Waals surface area contributed by atoms with Crippen molar-refractivity contribution < 1.29 is 22.7 Å². The van der Waals surface area contributed by atoms with Gasteiger partial charge in [0.25, 0.3) is 0 Å². The molecule has 0 unspecified atom stereocenters. The Balaban J connectivity index is 1.50. The van der Waals surface area contributed by atoms with Crippen LogP contribution in [0.25, 0.3) is 0 Å². The summed E-state index contributed by atoms with van der Waals surface area (Å²) in [5.74, 6) is -0.605. The third-order valence-corrected chi connectivity index (χ3v) is 7.78. The van der Waals surface area contributed by atoms with Gasteiger partial charge in [0.05, 0.1) is 16.7 Å². The second kappa shape index (κ2) is 8.98. The molecule has 0 radical (unpaired) electrons. The summed E-state index contributed by atoms with van der Waals surface area (Å²) in [6.45, 7) is 0.594. The number of carbonyl (C=O) groups excluding carboxylic acids is 2. The van der Waals surface area contributed by atoms with E-state index in [-0.39, 0.29) is 46.4 Å². The highest BCUT2D eigenvalue weighted by Crippen LogP contribution is 2.33. The molecule has 1 saturated carbocycles. The van der Waals surface area contributed by atoms with E-state index in [9.17, 15) is 18.0 Å². The van der Waals surface area contributed by atoms with E-state index in [2.05, 4.69) is 5.32 Å². The SMILES string of the molecule is O=C(CNC(=O)C1CCN(S(=O)(=O)c2c(Cl)cccc2Cl)CC1)OCC1CC1. The number of halogens is 2. The Morgan fingerprint density at radius 3 is 2.29 bits per heavy atom. The topological polar surface area (TPSA) is 92.8 Å². The number of rotatable bonds is 7. The number of sulfonamides is 1. The van der Waals surface area contributed by atoms with E-state index in [0.717, 1.165) is 12.8 Å². The molecular formula is C18H22Cl2N2O5S. The molecule has 3 rings (SSSR count). The number of hydrogen-bond donors (Lipinski definition) is 1. The van der Waals surface area contributed by atoms with Gasteiger partial charge in [-0.05, 0) is 43.7 Å². The predicted molar refractivity (Wildman–Crippen MR) is 105 cm³/mol. The van der Waals surface area contributed by atoms with Gasteiger partial charge in [0.1, 0.15) is 11.4 Å². The van der Waals surface area contributed by atoms with Gasteiger partial charge in [0, 0.05) is 19.0 Å². The Hall–Kier alpha value is -1.35. The monoisotopic (exact) mass is 448 g/mol. The Morgan fingerprint density at radius 1 is 1.11 bits per heavy atom. The van der Waals surface area contributed by atoms with E-state index < -0.39 is 16.0 Å². The average Bonchev–Trinajstić information content (AvgIpc) is 3.48. The zero-order chi connectivity index (χ0) is 20.3. The van der Waals surface area contributed by atoms with Crippen LogP contribution in [0.2, 0.25) is 10.0 Å². The zero-order valence-electron chi connectivity index (χ0n) is 15.2. The summed E-state index contributed by atoms with van der Waals surface area (Å²) in [7, 11) is -3.84. The Kier molecular flexibility index (Phi) is 6.85. The van der Waals surface area contributed by atoms with Crippen molar-refractivity contribution in [1.82, 2.24) is 9.62 Å². The van der Waals surface area contributed by atoms with Gasteiger partial charge in [0.2, 0.25) is 15.9 Å². The van der Waals surface area contributed by atoms with Gasteiger partial charge in [-0.2, -0.15) is 4.31 Å². The largest absolute Gasteiger partial charge is 0.464 e. The van der Waals surface area contributed by atoms with Crippen LogP contribution >= 0.6 is 23.2 Å². The van der Waals surface area contributed by atoms with Crippen LogP contribution in [0, 0.1) is 11.8 Å². The average molecular weight is 449 g/mol. The molecule has 1 aromatic carbocycles. The van der Waals surface area contributed by atoms with Crippen molar-refractivity contribution >= 4 is 45.1 Å². The van der Waals surface area contributed by atoms with E-state index in [1.807, 2.05) is 0 Å². The number of amides is 1. The van der Waals surface area contributed by atoms with Crippen LogP contribution in [0.5, 0.6) is 0 Å². The second-order valence-corrected chi connectivity index (χ2v) is 9.76. The molecule has 0 bridgehead atoms. The number of benzene rings is 1. The smallest absolute Gasteiger partial charge is 0.325 e. The van der Waals surface area contributed by atoms with E-state index in [1.165, 1.54) is 16.4 Å². The molecule has 0 spiro atoms. The van der Waals surface area contributed by atoms with Crippen LogP contribution in [0.1, 0.15) is 25.7 Å². The predicted octanol–water partition coefficient (Wildman–Crippen LogP) is 2.46. The quantitative estimate of drug-likeness (QED) is 0.646. The molecule has 1 aliphatic heterocycles. The van der Waals surface area contributed by atoms with Crippen molar-refractivity contribution in [1.29, 1.82) is 0 Å². The molecule has 1 amide bonds. The Bertz CT molecular complexity index is 829. The van der Waals surface area contributed by atoms with Crippen molar-refractivity contribution in [2.75, 3.05) is 26.2 Å². The minimum atomic E-state index is -3.84. The molecule has 2 fully saturated rings. The number of nitrogens with zero attached hydrogens (tertiary/aromatic N) is 1. The lowest BCUT2D eigenvalue weighted by Gasteiger charge is -2.30. The summed E-state index contributed by atoms with van der Waals surface area (Å²) in [4.78, 5) is 23.8. The van der Waals surface area contributed by atoms with Crippen LogP contribution < -0.4 is 5.32 Å². The number of ether oxygens (including phenoxy) is 1. The molecule has 0 aromatic heterocycles. The van der Waals surface area contributed by atoms with E-state index in [4.69, 9.17) is 27.9 Å². The summed E-state index contributed by atoms with van der Waals surface area (Å²) < 4.78 is 32.1. The summed E-state index contributed by atoms with van der Waals surface area (Å²) >= 11 is 12.1. The van der Waals surface area contributed by atoms with Crippen molar-refractivity contribution in [3.8, 4) is 0 Å². The first-order valence-electron chi connectivity index (χ1n) is 9.16. The van der Waals surface area contributed by atoms with Crippen molar-refractivity contribution in [3.63, 3.8) is 0 Å². The maximum atomic E-state index is 12.8. The molecule has 1 aromatic rings. The highest BCUT2D eigenvalue weighted by Gasteiger charge is 2.34. The normalized spacial score (nSPS) is 18.6. The van der Waals surface area contributed by atoms with Gasteiger partial charge in [-0.25, -0.2) is 8.42 Å². The Morgan fingerprint density at radius 2 is 1.71 bits per heavy atom. The lowest BCUT2D eigenvalue weighted by molar-refractivity contribution is -0.144. The summed E-state index contributed by atoms with van der Waals surface area (Å²) in [6.07, 6.45) is 2.87. The van der Waals surface area contributed by atoms with E-state index >= 15 is 0 Å². The zero-order valence-corrected chi connectivity index (χ0v) is 17.5. The highest BCUT2D eigenvalue weighted by molar-refractivity contribution is 7.89. The standard InChI is InChI=1S/C18H22Cl2N2O5S/c19-14-2-1-3-15(20)17(14)28(25,26)22-8-6-13(7-9-22)18(24)21-10-16(23)27-11-12-4-5-12/h1-3,12-13H,4-11H2,(H,21,24). The molecule has 154 valence electrons. The lowest BCUT2D eigenvalue weighted by Crippen LogP contribution is -2.44. The van der Waals surface area contributed by atoms with Gasteiger partial charge in [0.15, 0.2) is 0 Å². The van der Waals surface area contributed by atoms with Crippen molar-refractivity contribution in [2.45, 2.75) is 30.6 Å². The first kappa shape index (κ1) is 21.4. The molecule has 10 heteroatoms. The molecular weight excluding hydrogens is 427 g/mol.